The van der Waals surface area contributed by atoms with Crippen LogP contribution in [0.3, 0.4) is 0 Å². The van der Waals surface area contributed by atoms with Gasteiger partial charge in [-0.25, -0.2) is 0 Å². The van der Waals surface area contributed by atoms with Gasteiger partial charge in [-0.05, 0) is 30.5 Å². The van der Waals surface area contributed by atoms with Crippen LogP contribution in [-0.4, -0.2) is 17.8 Å². The molecule has 2 N–H and O–H groups in total. The molecule has 20 heavy (non-hydrogen) atoms. The van der Waals surface area contributed by atoms with Crippen molar-refractivity contribution in [3.8, 4) is 0 Å². The van der Waals surface area contributed by atoms with Crippen molar-refractivity contribution in [3.63, 3.8) is 0 Å². The molecule has 0 aromatic heterocycles. The molecule has 2 heteroatoms. The van der Waals surface area contributed by atoms with Crippen molar-refractivity contribution in [3.05, 3.63) is 71.8 Å². The third-order valence-corrected chi connectivity index (χ3v) is 3.56. The fraction of sp³-hybridized carbons (Fsp3) is 0.333. The van der Waals surface area contributed by atoms with Crippen molar-refractivity contribution in [2.24, 2.45) is 0 Å². The zero-order valence-electron chi connectivity index (χ0n) is 12.0. The van der Waals surface area contributed by atoms with Gasteiger partial charge in [0.1, 0.15) is 0 Å². The highest BCUT2D eigenvalue weighted by Crippen LogP contribution is 2.21. The highest BCUT2D eigenvalue weighted by atomic mass is 16.3. The Balaban J connectivity index is 2.09. The molecule has 0 amide bonds. The lowest BCUT2D eigenvalue weighted by molar-refractivity contribution is 0.159. The van der Waals surface area contributed by atoms with Gasteiger partial charge in [-0.1, -0.05) is 67.6 Å². The van der Waals surface area contributed by atoms with Gasteiger partial charge in [-0.2, -0.15) is 0 Å². The van der Waals surface area contributed by atoms with Crippen LogP contribution in [0.5, 0.6) is 0 Å². The predicted octanol–water partition coefficient (Wildman–Crippen LogP) is 3.53. The summed E-state index contributed by atoms with van der Waals surface area (Å²) >= 11 is 0. The van der Waals surface area contributed by atoms with Crippen molar-refractivity contribution < 1.29 is 5.11 Å². The third-order valence-electron chi connectivity index (χ3n) is 3.56. The zero-order valence-corrected chi connectivity index (χ0v) is 12.0. The summed E-state index contributed by atoms with van der Waals surface area (Å²) in [5.74, 6) is 0. The molecule has 0 fully saturated rings. The van der Waals surface area contributed by atoms with Gasteiger partial charge in [0.25, 0.3) is 0 Å². The summed E-state index contributed by atoms with van der Waals surface area (Å²) in [5.41, 5.74) is 2.51. The number of aliphatic hydroxyl groups is 1. The van der Waals surface area contributed by atoms with E-state index in [1.165, 1.54) is 11.1 Å². The van der Waals surface area contributed by atoms with Gasteiger partial charge in [0, 0.05) is 0 Å². The minimum atomic E-state index is -0.213. The van der Waals surface area contributed by atoms with Crippen LogP contribution in [0, 0.1) is 0 Å². The van der Waals surface area contributed by atoms with Crippen molar-refractivity contribution in [1.82, 2.24) is 5.32 Å². The number of benzene rings is 2. The Labute approximate surface area is 121 Å². The molecule has 1 atom stereocenters. The standard InChI is InChI=1S/C18H23NO/c1-2-17(20)13-14-19-18(15-9-5-3-6-10-15)16-11-7-4-8-12-16/h3-12,17-20H,2,13-14H2,1H3. The fourth-order valence-corrected chi connectivity index (χ4v) is 2.32. The minimum absolute atomic E-state index is 0.182. The first-order valence-electron chi connectivity index (χ1n) is 7.32. The SMILES string of the molecule is CCC(O)CCNC(c1ccccc1)c1ccccc1. The normalized spacial score (nSPS) is 12.6. The Morgan fingerprint density at radius 1 is 0.900 bits per heavy atom. The Kier molecular flexibility index (Phi) is 5.78. The maximum Gasteiger partial charge on any atom is 0.0576 e. The zero-order chi connectivity index (χ0) is 14.2. The van der Waals surface area contributed by atoms with Crippen molar-refractivity contribution in [2.45, 2.75) is 31.9 Å². The molecule has 0 bridgehead atoms. The summed E-state index contributed by atoms with van der Waals surface area (Å²) < 4.78 is 0. The molecular weight excluding hydrogens is 246 g/mol. The molecule has 0 aliphatic carbocycles. The van der Waals surface area contributed by atoms with E-state index in [0.29, 0.717) is 0 Å². The Bertz CT molecular complexity index is 444. The van der Waals surface area contributed by atoms with Crippen LogP contribution in [-0.2, 0) is 0 Å². The van der Waals surface area contributed by atoms with E-state index in [-0.39, 0.29) is 12.1 Å². The molecule has 0 saturated heterocycles. The van der Waals surface area contributed by atoms with E-state index in [2.05, 4.69) is 53.8 Å². The highest BCUT2D eigenvalue weighted by Gasteiger charge is 2.13. The van der Waals surface area contributed by atoms with Crippen LogP contribution in [0.15, 0.2) is 60.7 Å². The summed E-state index contributed by atoms with van der Waals surface area (Å²) in [7, 11) is 0. The molecule has 0 aliphatic heterocycles. The molecule has 2 aromatic rings. The van der Waals surface area contributed by atoms with Gasteiger partial charge in [0.05, 0.1) is 12.1 Å². The molecular formula is C18H23NO. The van der Waals surface area contributed by atoms with E-state index in [0.717, 1.165) is 19.4 Å². The van der Waals surface area contributed by atoms with Crippen LogP contribution in [0.25, 0.3) is 0 Å². The first-order chi connectivity index (χ1) is 9.81. The highest BCUT2D eigenvalue weighted by molar-refractivity contribution is 5.31. The second-order valence-electron chi connectivity index (χ2n) is 5.06. The molecule has 0 saturated carbocycles. The Morgan fingerprint density at radius 2 is 1.40 bits per heavy atom. The molecule has 2 rings (SSSR count). The molecule has 0 heterocycles. The molecule has 0 radical (unpaired) electrons. The number of rotatable bonds is 7. The molecule has 106 valence electrons. The second kappa shape index (κ2) is 7.83. The Morgan fingerprint density at radius 3 is 1.85 bits per heavy atom. The quantitative estimate of drug-likeness (QED) is 0.806. The van der Waals surface area contributed by atoms with Gasteiger partial charge in [0.15, 0.2) is 0 Å². The van der Waals surface area contributed by atoms with E-state index in [9.17, 15) is 5.11 Å². The molecule has 1 unspecified atom stereocenters. The third kappa shape index (κ3) is 4.19. The topological polar surface area (TPSA) is 32.3 Å². The lowest BCUT2D eigenvalue weighted by Crippen LogP contribution is -2.26. The Hall–Kier alpha value is -1.64. The summed E-state index contributed by atoms with van der Waals surface area (Å²) in [5, 5.41) is 13.2. The van der Waals surface area contributed by atoms with E-state index in [1.54, 1.807) is 0 Å². The monoisotopic (exact) mass is 269 g/mol. The van der Waals surface area contributed by atoms with Crippen LogP contribution in [0.4, 0.5) is 0 Å². The van der Waals surface area contributed by atoms with E-state index >= 15 is 0 Å². The first-order valence-corrected chi connectivity index (χ1v) is 7.32. The van der Waals surface area contributed by atoms with Crippen molar-refractivity contribution in [2.75, 3.05) is 6.54 Å². The van der Waals surface area contributed by atoms with Crippen LogP contribution in [0.1, 0.15) is 36.9 Å². The second-order valence-corrected chi connectivity index (χ2v) is 5.06. The number of hydrogen-bond acceptors (Lipinski definition) is 2. The largest absolute Gasteiger partial charge is 0.393 e. The van der Waals surface area contributed by atoms with Crippen LogP contribution < -0.4 is 5.32 Å². The van der Waals surface area contributed by atoms with Gasteiger partial charge < -0.3 is 10.4 Å². The molecule has 2 nitrogen and oxygen atoms in total. The van der Waals surface area contributed by atoms with E-state index in [4.69, 9.17) is 0 Å². The molecule has 2 aromatic carbocycles. The summed E-state index contributed by atoms with van der Waals surface area (Å²) in [6.45, 7) is 2.82. The van der Waals surface area contributed by atoms with E-state index < -0.39 is 0 Å². The average molecular weight is 269 g/mol. The number of aliphatic hydroxyl groups excluding tert-OH is 1. The van der Waals surface area contributed by atoms with Crippen LogP contribution in [0.2, 0.25) is 0 Å². The lowest BCUT2D eigenvalue weighted by atomic mass is 9.98. The van der Waals surface area contributed by atoms with E-state index in [1.807, 2.05) is 19.1 Å². The van der Waals surface area contributed by atoms with Crippen molar-refractivity contribution >= 4 is 0 Å². The molecule has 0 aliphatic rings. The van der Waals surface area contributed by atoms with Crippen LogP contribution >= 0.6 is 0 Å². The lowest BCUT2D eigenvalue weighted by Gasteiger charge is -2.20. The van der Waals surface area contributed by atoms with Gasteiger partial charge in [-0.3, -0.25) is 0 Å². The minimum Gasteiger partial charge on any atom is -0.393 e. The van der Waals surface area contributed by atoms with Gasteiger partial charge >= 0.3 is 0 Å². The smallest absolute Gasteiger partial charge is 0.0576 e. The summed E-state index contributed by atoms with van der Waals surface area (Å²) in [6.07, 6.45) is 1.38. The molecule has 0 spiro atoms. The first kappa shape index (κ1) is 14.8. The number of nitrogens with one attached hydrogen (secondary N) is 1. The van der Waals surface area contributed by atoms with Crippen molar-refractivity contribution in [1.29, 1.82) is 0 Å². The summed E-state index contributed by atoms with van der Waals surface area (Å²) in [6, 6.07) is 21.1. The maximum atomic E-state index is 9.67. The average Bonchev–Trinajstić information content (AvgIpc) is 2.53. The van der Waals surface area contributed by atoms with Gasteiger partial charge in [-0.15, -0.1) is 0 Å². The summed E-state index contributed by atoms with van der Waals surface area (Å²) in [4.78, 5) is 0. The predicted molar refractivity (Wildman–Crippen MR) is 83.6 cm³/mol. The number of hydrogen-bond donors (Lipinski definition) is 2. The van der Waals surface area contributed by atoms with Gasteiger partial charge in [0.2, 0.25) is 0 Å². The maximum absolute atomic E-state index is 9.67. The fourth-order valence-electron chi connectivity index (χ4n) is 2.32.